The summed E-state index contributed by atoms with van der Waals surface area (Å²) in [6, 6.07) is 7.47. The van der Waals surface area contributed by atoms with Gasteiger partial charge in [-0.25, -0.2) is 9.79 Å². The second-order valence-electron chi connectivity index (χ2n) is 5.65. The van der Waals surface area contributed by atoms with Crippen molar-refractivity contribution in [2.45, 2.75) is 31.2 Å². The number of amidine groups is 1. The molecule has 0 N–H and O–H groups in total. The van der Waals surface area contributed by atoms with Crippen molar-refractivity contribution >= 4 is 40.6 Å². The van der Waals surface area contributed by atoms with Gasteiger partial charge in [-0.15, -0.1) is 11.8 Å². The highest BCUT2D eigenvalue weighted by molar-refractivity contribution is 8.14. The molecule has 3 rings (SSSR count). The van der Waals surface area contributed by atoms with E-state index in [4.69, 9.17) is 4.74 Å². The van der Waals surface area contributed by atoms with Crippen LogP contribution in [0.25, 0.3) is 0 Å². The number of thioether (sulfide) groups is 2. The van der Waals surface area contributed by atoms with Gasteiger partial charge in [0.15, 0.2) is 5.17 Å². The van der Waals surface area contributed by atoms with Gasteiger partial charge < -0.3 is 4.74 Å². The smallest absolute Gasteiger partial charge is 0.338 e. The van der Waals surface area contributed by atoms with Gasteiger partial charge in [0.1, 0.15) is 0 Å². The molecule has 2 heterocycles. The van der Waals surface area contributed by atoms with E-state index in [-0.39, 0.29) is 12.5 Å². The zero-order valence-corrected chi connectivity index (χ0v) is 16.1. The third kappa shape index (κ3) is 3.48. The number of aliphatic imine (C=N–C) groups is 1. The molecule has 0 radical (unpaired) electrons. The van der Waals surface area contributed by atoms with E-state index in [1.165, 1.54) is 0 Å². The van der Waals surface area contributed by atoms with Crippen molar-refractivity contribution in [3.63, 3.8) is 0 Å². The second kappa shape index (κ2) is 7.66. The van der Waals surface area contributed by atoms with Gasteiger partial charge in [0.05, 0.1) is 23.9 Å². The quantitative estimate of drug-likeness (QED) is 0.593. The Morgan fingerprint density at radius 2 is 2.12 bits per heavy atom. The minimum absolute atomic E-state index is 0.00857. The van der Waals surface area contributed by atoms with E-state index >= 15 is 0 Å². The summed E-state index contributed by atoms with van der Waals surface area (Å²) < 4.78 is 5.25. The Hall–Kier alpha value is -1.73. The van der Waals surface area contributed by atoms with E-state index in [1.807, 2.05) is 30.5 Å². The second-order valence-corrected chi connectivity index (χ2v) is 7.59. The van der Waals surface area contributed by atoms with Crippen LogP contribution in [-0.4, -0.2) is 40.6 Å². The van der Waals surface area contributed by atoms with Gasteiger partial charge >= 0.3 is 5.97 Å². The number of hydrogen-bond donors (Lipinski definition) is 0. The average Bonchev–Trinajstić information content (AvgIpc) is 2.61. The van der Waals surface area contributed by atoms with Crippen molar-refractivity contribution in [1.29, 1.82) is 0 Å². The molecule has 5 nitrogen and oxygen atoms in total. The van der Waals surface area contributed by atoms with Crippen LogP contribution in [0.1, 0.15) is 31.9 Å². The number of benzene rings is 1. The Bertz CT molecular complexity index is 756. The molecule has 1 fully saturated rings. The molecular weight excluding hydrogens is 356 g/mol. The number of fused-ring (bicyclic) bond motifs is 1. The maximum absolute atomic E-state index is 12.6. The van der Waals surface area contributed by atoms with Crippen LogP contribution in [0.2, 0.25) is 0 Å². The maximum atomic E-state index is 12.6. The number of allylic oxidation sites excluding steroid dienone is 1. The maximum Gasteiger partial charge on any atom is 0.338 e. The summed E-state index contributed by atoms with van der Waals surface area (Å²) in [5, 5.41) is 0.667. The van der Waals surface area contributed by atoms with E-state index in [9.17, 15) is 9.59 Å². The highest BCUT2D eigenvalue weighted by atomic mass is 32.2. The molecule has 0 aromatic heterocycles. The molecule has 0 saturated carbocycles. The highest BCUT2D eigenvalue weighted by Crippen LogP contribution is 2.40. The van der Waals surface area contributed by atoms with Gasteiger partial charge in [0, 0.05) is 17.1 Å². The molecule has 1 unspecified atom stereocenters. The molecule has 0 aliphatic carbocycles. The van der Waals surface area contributed by atoms with Crippen LogP contribution in [0.3, 0.4) is 0 Å². The lowest BCUT2D eigenvalue weighted by atomic mass is 9.94. The predicted molar refractivity (Wildman–Crippen MR) is 102 cm³/mol. The van der Waals surface area contributed by atoms with Gasteiger partial charge in [-0.2, -0.15) is 0 Å². The first-order valence-corrected chi connectivity index (χ1v) is 10.3. The zero-order valence-electron chi connectivity index (χ0n) is 14.4. The molecule has 7 heteroatoms. The molecular formula is C18H20N2O3S2. The van der Waals surface area contributed by atoms with Gasteiger partial charge in [-0.3, -0.25) is 9.69 Å². The standard InChI is InChI=1S/C18H20N2O3S2/c1-4-23-17(22)15-11(2)19-18-20(14(21)9-10-25-18)16(15)12-5-7-13(24-3)8-6-12/h5-8,16H,4,9-10H2,1-3H3. The number of amides is 1. The number of carbonyl (C=O) groups is 2. The Kier molecular flexibility index (Phi) is 5.54. The normalized spacial score (nSPS) is 20.3. The molecule has 2 aliphatic heterocycles. The molecule has 1 amide bonds. The monoisotopic (exact) mass is 376 g/mol. The van der Waals surface area contributed by atoms with Crippen LogP contribution < -0.4 is 0 Å². The van der Waals surface area contributed by atoms with E-state index in [2.05, 4.69) is 4.99 Å². The average molecular weight is 377 g/mol. The van der Waals surface area contributed by atoms with Crippen LogP contribution >= 0.6 is 23.5 Å². The van der Waals surface area contributed by atoms with Crippen LogP contribution in [0.4, 0.5) is 0 Å². The highest BCUT2D eigenvalue weighted by Gasteiger charge is 2.41. The van der Waals surface area contributed by atoms with Crippen LogP contribution in [0.15, 0.2) is 45.4 Å². The van der Waals surface area contributed by atoms with Crippen molar-refractivity contribution in [2.75, 3.05) is 18.6 Å². The van der Waals surface area contributed by atoms with E-state index in [0.29, 0.717) is 28.6 Å². The summed E-state index contributed by atoms with van der Waals surface area (Å²) in [5.41, 5.74) is 1.95. The van der Waals surface area contributed by atoms with E-state index < -0.39 is 12.0 Å². The molecule has 1 atom stereocenters. The molecule has 1 saturated heterocycles. The first-order valence-electron chi connectivity index (χ1n) is 8.12. The number of rotatable bonds is 4. The summed E-state index contributed by atoms with van der Waals surface area (Å²) in [5.74, 6) is 0.296. The largest absolute Gasteiger partial charge is 0.463 e. The molecule has 132 valence electrons. The Labute approximate surface area is 155 Å². The fraction of sp³-hybridized carbons (Fsp3) is 0.389. The molecule has 2 aliphatic rings. The van der Waals surface area contributed by atoms with Gasteiger partial charge in [0.2, 0.25) is 5.91 Å². The third-order valence-corrected chi connectivity index (χ3v) is 5.83. The summed E-state index contributed by atoms with van der Waals surface area (Å²) in [6.07, 6.45) is 2.46. The Balaban J connectivity index is 2.11. The van der Waals surface area contributed by atoms with Gasteiger partial charge in [-0.05, 0) is 37.8 Å². The zero-order chi connectivity index (χ0) is 18.0. The molecule has 1 aromatic carbocycles. The number of hydrogen-bond acceptors (Lipinski definition) is 6. The van der Waals surface area contributed by atoms with Crippen molar-refractivity contribution in [3.8, 4) is 0 Å². The molecule has 1 aromatic rings. The Morgan fingerprint density at radius 1 is 1.40 bits per heavy atom. The van der Waals surface area contributed by atoms with Crippen molar-refractivity contribution in [3.05, 3.63) is 41.1 Å². The lowest BCUT2D eigenvalue weighted by Crippen LogP contribution is -2.45. The topological polar surface area (TPSA) is 59.0 Å². The van der Waals surface area contributed by atoms with Crippen LogP contribution in [0.5, 0.6) is 0 Å². The summed E-state index contributed by atoms with van der Waals surface area (Å²) in [4.78, 5) is 32.5. The molecule has 0 bridgehead atoms. The van der Waals surface area contributed by atoms with Crippen LogP contribution in [-0.2, 0) is 14.3 Å². The third-order valence-electron chi connectivity index (χ3n) is 4.13. The number of nitrogens with zero attached hydrogens (tertiary/aromatic N) is 2. The number of carbonyl (C=O) groups excluding carboxylic acids is 2. The molecule has 0 spiro atoms. The minimum Gasteiger partial charge on any atom is -0.463 e. The fourth-order valence-corrected chi connectivity index (χ4v) is 4.38. The van der Waals surface area contributed by atoms with Crippen molar-refractivity contribution in [1.82, 2.24) is 4.90 Å². The predicted octanol–water partition coefficient (Wildman–Crippen LogP) is 3.62. The van der Waals surface area contributed by atoms with E-state index in [1.54, 1.807) is 42.3 Å². The lowest BCUT2D eigenvalue weighted by molar-refractivity contribution is -0.139. The number of esters is 1. The van der Waals surface area contributed by atoms with Gasteiger partial charge in [0.25, 0.3) is 0 Å². The lowest BCUT2D eigenvalue weighted by Gasteiger charge is -2.38. The van der Waals surface area contributed by atoms with Crippen molar-refractivity contribution < 1.29 is 14.3 Å². The minimum atomic E-state index is -0.484. The Morgan fingerprint density at radius 3 is 2.76 bits per heavy atom. The van der Waals surface area contributed by atoms with E-state index in [0.717, 1.165) is 10.5 Å². The first-order chi connectivity index (χ1) is 12.1. The summed E-state index contributed by atoms with van der Waals surface area (Å²) >= 11 is 3.20. The first kappa shape index (κ1) is 18.1. The number of ether oxygens (including phenoxy) is 1. The van der Waals surface area contributed by atoms with Crippen molar-refractivity contribution in [2.24, 2.45) is 4.99 Å². The van der Waals surface area contributed by atoms with Gasteiger partial charge in [-0.1, -0.05) is 23.9 Å². The van der Waals surface area contributed by atoms with Crippen LogP contribution in [0, 0.1) is 0 Å². The molecule has 25 heavy (non-hydrogen) atoms. The fourth-order valence-electron chi connectivity index (χ4n) is 2.97. The summed E-state index contributed by atoms with van der Waals surface area (Å²) in [6.45, 7) is 3.86. The summed E-state index contributed by atoms with van der Waals surface area (Å²) in [7, 11) is 0. The SMILES string of the molecule is CCOC(=O)C1=C(C)N=C2SCCC(=O)N2C1c1ccc(SC)cc1.